The monoisotopic (exact) mass is 1160 g/mol. The van der Waals surface area contributed by atoms with Crippen molar-refractivity contribution in [1.82, 2.24) is 28.2 Å². The van der Waals surface area contributed by atoms with Crippen molar-refractivity contribution in [3.63, 3.8) is 0 Å². The van der Waals surface area contributed by atoms with Gasteiger partial charge >= 0.3 is 0 Å². The molecule has 1 aliphatic rings. The van der Waals surface area contributed by atoms with Crippen molar-refractivity contribution in [3.8, 4) is 78.8 Å². The summed E-state index contributed by atoms with van der Waals surface area (Å²) in [6, 6.07) is 111. The van der Waals surface area contributed by atoms with Gasteiger partial charge in [-0.1, -0.05) is 196 Å². The predicted octanol–water partition coefficient (Wildman–Crippen LogP) is 21.8. The van der Waals surface area contributed by atoms with Crippen LogP contribution in [0.2, 0.25) is 0 Å². The smallest absolute Gasteiger partial charge is 0.160 e. The Balaban J connectivity index is 0.703. The van der Waals surface area contributed by atoms with E-state index in [4.69, 9.17) is 9.97 Å². The highest BCUT2D eigenvalue weighted by molar-refractivity contribution is 6.15. The fourth-order valence-corrected chi connectivity index (χ4v) is 15.3. The molecule has 0 unspecified atom stereocenters. The lowest BCUT2D eigenvalue weighted by molar-refractivity contribution is 0.635. The third-order valence-electron chi connectivity index (χ3n) is 19.5. The first kappa shape index (κ1) is 51.2. The second-order valence-electron chi connectivity index (χ2n) is 24.9. The lowest BCUT2D eigenvalue weighted by atomic mass is 9.85. The van der Waals surface area contributed by atoms with E-state index < -0.39 is 5.41 Å². The summed E-state index contributed by atoms with van der Waals surface area (Å²) in [6.45, 7) is 4.67. The molecule has 0 aliphatic heterocycles. The topological polar surface area (TPSA) is 45.5 Å². The van der Waals surface area contributed by atoms with E-state index in [1.807, 2.05) is 0 Å². The normalized spacial score (nSPS) is 12.8. The summed E-state index contributed by atoms with van der Waals surface area (Å²) < 4.78 is 9.61. The molecule has 91 heavy (non-hydrogen) atoms. The zero-order valence-electron chi connectivity index (χ0n) is 50.1. The first-order valence-electron chi connectivity index (χ1n) is 31.4. The summed E-state index contributed by atoms with van der Waals surface area (Å²) in [7, 11) is 0. The Morgan fingerprint density at radius 2 is 0.604 bits per heavy atom. The van der Waals surface area contributed by atoms with Gasteiger partial charge in [-0.3, -0.25) is 0 Å². The summed E-state index contributed by atoms with van der Waals surface area (Å²) in [4.78, 5) is 11.3. The Morgan fingerprint density at radius 1 is 0.253 bits per heavy atom. The predicted molar refractivity (Wildman–Crippen MR) is 379 cm³/mol. The molecule has 1 aliphatic carbocycles. The summed E-state index contributed by atoms with van der Waals surface area (Å²) in [5.74, 6) is 0.701. The minimum Gasteiger partial charge on any atom is -0.309 e. The molecule has 0 radical (unpaired) electrons. The molecule has 18 aromatic rings. The van der Waals surface area contributed by atoms with Crippen molar-refractivity contribution in [3.05, 3.63) is 315 Å². The largest absolute Gasteiger partial charge is 0.309 e. The van der Waals surface area contributed by atoms with Crippen LogP contribution in [0.1, 0.15) is 25.1 Å². The molecule has 5 heterocycles. The maximum atomic E-state index is 5.68. The molecule has 0 saturated carbocycles. The van der Waals surface area contributed by atoms with E-state index in [9.17, 15) is 0 Å². The molecule has 19 rings (SSSR count). The number of hydrogen-bond donors (Lipinski definition) is 0. The van der Waals surface area contributed by atoms with Crippen LogP contribution in [0.3, 0.4) is 0 Å². The van der Waals surface area contributed by atoms with Gasteiger partial charge in [0.25, 0.3) is 0 Å². The average molecular weight is 1160 g/mol. The Morgan fingerprint density at radius 3 is 1.04 bits per heavy atom. The fraction of sp³-hybridized carbons (Fsp3) is 0.0353. The van der Waals surface area contributed by atoms with E-state index in [2.05, 4.69) is 335 Å². The van der Waals surface area contributed by atoms with Crippen LogP contribution in [-0.4, -0.2) is 28.2 Å². The molecular formula is C85H56N6. The summed E-state index contributed by atoms with van der Waals surface area (Å²) in [5.41, 5.74) is 25.6. The van der Waals surface area contributed by atoms with Crippen LogP contribution in [0, 0.1) is 0 Å². The van der Waals surface area contributed by atoms with E-state index in [0.717, 1.165) is 67.4 Å². The molecule has 0 fully saturated rings. The van der Waals surface area contributed by atoms with Gasteiger partial charge in [-0.25, -0.2) is 9.97 Å². The number of aromatic nitrogens is 6. The van der Waals surface area contributed by atoms with Gasteiger partial charge in [0, 0.05) is 87.9 Å². The minimum atomic E-state index is -0.470. The van der Waals surface area contributed by atoms with Gasteiger partial charge in [0.15, 0.2) is 5.82 Å². The quantitative estimate of drug-likeness (QED) is 0.152. The van der Waals surface area contributed by atoms with Gasteiger partial charge in [0.1, 0.15) is 0 Å². The zero-order valence-corrected chi connectivity index (χ0v) is 50.1. The van der Waals surface area contributed by atoms with Crippen LogP contribution in [0.5, 0.6) is 0 Å². The number of hydrogen-bond acceptors (Lipinski definition) is 2. The van der Waals surface area contributed by atoms with Gasteiger partial charge in [-0.15, -0.1) is 0 Å². The van der Waals surface area contributed by atoms with Crippen molar-refractivity contribution < 1.29 is 0 Å². The molecule has 13 aromatic carbocycles. The second kappa shape index (κ2) is 19.6. The van der Waals surface area contributed by atoms with E-state index >= 15 is 0 Å². The number of rotatable bonds is 8. The van der Waals surface area contributed by atoms with E-state index in [1.165, 1.54) is 104 Å². The Hall–Kier alpha value is -11.9. The van der Waals surface area contributed by atoms with Crippen LogP contribution in [-0.2, 0) is 5.41 Å². The number of para-hydroxylation sites is 6. The molecule has 0 N–H and O–H groups in total. The highest BCUT2D eigenvalue weighted by Gasteiger charge is 2.40. The maximum Gasteiger partial charge on any atom is 0.160 e. The molecule has 5 aromatic heterocycles. The molecule has 0 saturated heterocycles. The third-order valence-corrected chi connectivity index (χ3v) is 19.5. The standard InChI is InChI=1S/C85H56N6/c1-85(2)72-52-62(91-76-36-19-15-32-66(76)71-51-57(40-46-80(71)91)55-38-44-78-69(49-55)64-30-13-17-34-74(64)89(78)60-26-10-5-11-27-60)41-42-67(72)81-82(53-21-6-3-7-22-53)86-84(87-83(81)85)58-23-20-28-61(47-58)90-75-35-18-14-31-65(75)70-50-56(39-45-79(70)90)54-37-43-77-68(48-54)63-29-12-16-33-73(63)88(77)59-24-8-4-9-25-59/h3-52H,1-2H3. The fourth-order valence-electron chi connectivity index (χ4n) is 15.3. The molecule has 0 bridgehead atoms. The summed E-state index contributed by atoms with van der Waals surface area (Å²) >= 11 is 0. The Kier molecular flexibility index (Phi) is 11.0. The molecule has 0 amide bonds. The van der Waals surface area contributed by atoms with Crippen molar-refractivity contribution >= 4 is 87.2 Å². The average Bonchev–Trinajstić information content (AvgIpc) is 1.65. The van der Waals surface area contributed by atoms with Gasteiger partial charge in [-0.2, -0.15) is 0 Å². The molecule has 0 spiro atoms. The number of nitrogens with zero attached hydrogens (tertiary/aromatic N) is 6. The molecular weight excluding hydrogens is 1100 g/mol. The summed E-state index contributed by atoms with van der Waals surface area (Å²) in [5, 5.41) is 9.81. The van der Waals surface area contributed by atoms with Crippen LogP contribution in [0.25, 0.3) is 166 Å². The Labute approximate surface area is 525 Å². The molecule has 6 heteroatoms. The van der Waals surface area contributed by atoms with Crippen LogP contribution in [0.4, 0.5) is 0 Å². The SMILES string of the molecule is CC1(C)c2cc(-n3c4ccccc4c4cc(-c5ccc6c(c5)c5ccccc5n6-c5ccccc5)ccc43)ccc2-c2c(-c3ccccc3)nc(-c3cccc(-n4c5ccccc5c5cc(-c6ccc7c(c6)c6ccccc6n7-c6ccccc6)ccc54)c3)nc21. The van der Waals surface area contributed by atoms with Crippen LogP contribution in [0.15, 0.2) is 303 Å². The van der Waals surface area contributed by atoms with Gasteiger partial charge in [0.05, 0.1) is 55.5 Å². The summed E-state index contributed by atoms with van der Waals surface area (Å²) in [6.07, 6.45) is 0. The van der Waals surface area contributed by atoms with E-state index in [1.54, 1.807) is 0 Å². The van der Waals surface area contributed by atoms with Crippen molar-refractivity contribution in [2.75, 3.05) is 0 Å². The van der Waals surface area contributed by atoms with Crippen molar-refractivity contribution in [2.45, 2.75) is 19.3 Å². The van der Waals surface area contributed by atoms with E-state index in [0.29, 0.717) is 5.82 Å². The van der Waals surface area contributed by atoms with Gasteiger partial charge < -0.3 is 18.3 Å². The zero-order chi connectivity index (χ0) is 60.1. The van der Waals surface area contributed by atoms with Crippen LogP contribution >= 0.6 is 0 Å². The third kappa shape index (κ3) is 7.66. The number of fused-ring (bicyclic) bond motifs is 15. The lowest BCUT2D eigenvalue weighted by Crippen LogP contribution is -2.18. The first-order chi connectivity index (χ1) is 44.9. The molecule has 6 nitrogen and oxygen atoms in total. The highest BCUT2D eigenvalue weighted by atomic mass is 15.0. The minimum absolute atomic E-state index is 0.470. The van der Waals surface area contributed by atoms with Crippen molar-refractivity contribution in [2.24, 2.45) is 0 Å². The van der Waals surface area contributed by atoms with Crippen LogP contribution < -0.4 is 0 Å². The van der Waals surface area contributed by atoms with Gasteiger partial charge in [0.2, 0.25) is 0 Å². The number of benzene rings is 13. The first-order valence-corrected chi connectivity index (χ1v) is 31.4. The van der Waals surface area contributed by atoms with Crippen molar-refractivity contribution in [1.29, 1.82) is 0 Å². The maximum absolute atomic E-state index is 5.68. The van der Waals surface area contributed by atoms with E-state index in [-0.39, 0.29) is 0 Å². The Bertz CT molecular complexity index is 6040. The lowest BCUT2D eigenvalue weighted by Gasteiger charge is -2.22. The molecule has 0 atom stereocenters. The van der Waals surface area contributed by atoms with Gasteiger partial charge in [-0.05, 0) is 155 Å². The highest BCUT2D eigenvalue weighted by Crippen LogP contribution is 2.53. The molecule has 426 valence electrons. The second-order valence-corrected chi connectivity index (χ2v) is 24.9.